The van der Waals surface area contributed by atoms with Gasteiger partial charge in [0.25, 0.3) is 5.91 Å². The molecule has 5 nitrogen and oxygen atoms in total. The van der Waals surface area contributed by atoms with Crippen molar-refractivity contribution < 1.29 is 14.8 Å². The Morgan fingerprint density at radius 3 is 2.10 bits per heavy atom. The highest BCUT2D eigenvalue weighted by Crippen LogP contribution is 2.08. The van der Waals surface area contributed by atoms with Gasteiger partial charge in [-0.15, -0.1) is 0 Å². The molecule has 21 heavy (non-hydrogen) atoms. The molecule has 0 atom stereocenters. The van der Waals surface area contributed by atoms with E-state index in [1.165, 1.54) is 30.5 Å². The summed E-state index contributed by atoms with van der Waals surface area (Å²) >= 11 is 0. The van der Waals surface area contributed by atoms with E-state index < -0.39 is 11.8 Å². The standard InChI is InChI=1S/C16H14N2O3/c17-15(19)13-6-8-14(9-7-13)16(20)18(21)11-10-12-4-2-1-3-5-12/h1-11,21H,(H2,17,19). The van der Waals surface area contributed by atoms with Crippen molar-refractivity contribution in [3.63, 3.8) is 0 Å². The minimum atomic E-state index is -0.599. The normalized spacial score (nSPS) is 10.5. The van der Waals surface area contributed by atoms with Crippen molar-refractivity contribution in [2.45, 2.75) is 0 Å². The van der Waals surface area contributed by atoms with Gasteiger partial charge in [0.15, 0.2) is 0 Å². The average molecular weight is 282 g/mol. The zero-order valence-corrected chi connectivity index (χ0v) is 11.1. The van der Waals surface area contributed by atoms with E-state index in [2.05, 4.69) is 0 Å². The van der Waals surface area contributed by atoms with Gasteiger partial charge in [0, 0.05) is 17.3 Å². The molecular formula is C16H14N2O3. The Labute approximate surface area is 121 Å². The van der Waals surface area contributed by atoms with E-state index in [1.54, 1.807) is 6.08 Å². The summed E-state index contributed by atoms with van der Waals surface area (Å²) in [5, 5.41) is 10.2. The van der Waals surface area contributed by atoms with Crippen LogP contribution >= 0.6 is 0 Å². The second kappa shape index (κ2) is 6.49. The number of amides is 2. The number of hydrogen-bond donors (Lipinski definition) is 2. The maximum Gasteiger partial charge on any atom is 0.281 e. The largest absolute Gasteiger partial charge is 0.366 e. The molecule has 0 aliphatic carbocycles. The lowest BCUT2D eigenvalue weighted by Crippen LogP contribution is -2.21. The fourth-order valence-corrected chi connectivity index (χ4v) is 1.70. The molecule has 106 valence electrons. The van der Waals surface area contributed by atoms with E-state index in [9.17, 15) is 14.8 Å². The number of nitrogens with zero attached hydrogens (tertiary/aromatic N) is 1. The number of hydrogen-bond acceptors (Lipinski definition) is 3. The molecule has 2 rings (SSSR count). The van der Waals surface area contributed by atoms with Crippen LogP contribution in [-0.4, -0.2) is 22.1 Å². The summed E-state index contributed by atoms with van der Waals surface area (Å²) in [6, 6.07) is 15.0. The van der Waals surface area contributed by atoms with Crippen LogP contribution in [0.3, 0.4) is 0 Å². The minimum absolute atomic E-state index is 0.250. The maximum atomic E-state index is 12.0. The van der Waals surface area contributed by atoms with Crippen molar-refractivity contribution in [3.05, 3.63) is 77.5 Å². The smallest absolute Gasteiger partial charge is 0.281 e. The Balaban J connectivity index is 2.08. The Morgan fingerprint density at radius 1 is 0.952 bits per heavy atom. The van der Waals surface area contributed by atoms with E-state index in [-0.39, 0.29) is 5.56 Å². The topological polar surface area (TPSA) is 83.6 Å². The quantitative estimate of drug-likeness (QED) is 0.666. The third-order valence-corrected chi connectivity index (χ3v) is 2.83. The maximum absolute atomic E-state index is 12.0. The third-order valence-electron chi connectivity index (χ3n) is 2.83. The summed E-state index contributed by atoms with van der Waals surface area (Å²) in [7, 11) is 0. The molecule has 5 heteroatoms. The monoisotopic (exact) mass is 282 g/mol. The first kappa shape index (κ1) is 14.5. The second-order valence-corrected chi connectivity index (χ2v) is 4.32. The molecule has 0 aliphatic heterocycles. The highest BCUT2D eigenvalue weighted by Gasteiger charge is 2.11. The van der Waals surface area contributed by atoms with Crippen molar-refractivity contribution in [1.29, 1.82) is 0 Å². The van der Waals surface area contributed by atoms with Gasteiger partial charge in [0.2, 0.25) is 5.91 Å². The molecule has 0 bridgehead atoms. The van der Waals surface area contributed by atoms with Gasteiger partial charge in [-0.25, -0.2) is 0 Å². The molecule has 0 saturated carbocycles. The minimum Gasteiger partial charge on any atom is -0.366 e. The molecule has 2 aromatic carbocycles. The van der Waals surface area contributed by atoms with Crippen LogP contribution in [0.15, 0.2) is 60.8 Å². The van der Waals surface area contributed by atoms with Gasteiger partial charge in [-0.2, -0.15) is 5.06 Å². The predicted molar refractivity (Wildman–Crippen MR) is 78.4 cm³/mol. The number of carbonyl (C=O) groups excluding carboxylic acids is 2. The summed E-state index contributed by atoms with van der Waals surface area (Å²) < 4.78 is 0. The number of carbonyl (C=O) groups is 2. The van der Waals surface area contributed by atoms with Gasteiger partial charge >= 0.3 is 0 Å². The van der Waals surface area contributed by atoms with Crippen LogP contribution < -0.4 is 5.73 Å². The van der Waals surface area contributed by atoms with Crippen molar-refractivity contribution >= 4 is 17.9 Å². The lowest BCUT2D eigenvalue weighted by molar-refractivity contribution is -0.0195. The van der Waals surface area contributed by atoms with Gasteiger partial charge < -0.3 is 5.73 Å². The van der Waals surface area contributed by atoms with Crippen LogP contribution in [-0.2, 0) is 0 Å². The number of primary amides is 1. The molecule has 0 fully saturated rings. The summed E-state index contributed by atoms with van der Waals surface area (Å²) in [5.74, 6) is -1.17. The fourth-order valence-electron chi connectivity index (χ4n) is 1.70. The van der Waals surface area contributed by atoms with Gasteiger partial charge in [-0.1, -0.05) is 30.3 Å². The van der Waals surface area contributed by atoms with Crippen molar-refractivity contribution in [2.24, 2.45) is 5.73 Å². The van der Waals surface area contributed by atoms with Crippen molar-refractivity contribution in [2.75, 3.05) is 0 Å². The van der Waals surface area contributed by atoms with Crippen LogP contribution in [0, 0.1) is 0 Å². The molecule has 2 aromatic rings. The van der Waals surface area contributed by atoms with Gasteiger partial charge in [0.05, 0.1) is 0 Å². The van der Waals surface area contributed by atoms with Crippen LogP contribution in [0.4, 0.5) is 0 Å². The first-order chi connectivity index (χ1) is 10.1. The SMILES string of the molecule is NC(=O)c1ccc(C(=O)N(O)C=Cc2ccccc2)cc1. The Morgan fingerprint density at radius 2 is 1.52 bits per heavy atom. The fraction of sp³-hybridized carbons (Fsp3) is 0. The van der Waals surface area contributed by atoms with Crippen LogP contribution in [0.1, 0.15) is 26.3 Å². The van der Waals surface area contributed by atoms with E-state index in [4.69, 9.17) is 5.73 Å². The van der Waals surface area contributed by atoms with E-state index in [1.807, 2.05) is 30.3 Å². The molecule has 0 heterocycles. The summed E-state index contributed by atoms with van der Waals surface area (Å²) in [6.07, 6.45) is 2.87. The zero-order valence-electron chi connectivity index (χ0n) is 11.1. The van der Waals surface area contributed by atoms with Crippen LogP contribution in [0.2, 0.25) is 0 Å². The number of benzene rings is 2. The lowest BCUT2D eigenvalue weighted by atomic mass is 10.1. The second-order valence-electron chi connectivity index (χ2n) is 4.32. The molecule has 2 amide bonds. The predicted octanol–water partition coefficient (Wildman–Crippen LogP) is 2.29. The molecular weight excluding hydrogens is 268 g/mol. The van der Waals surface area contributed by atoms with Gasteiger partial charge in [-0.3, -0.25) is 14.8 Å². The van der Waals surface area contributed by atoms with Crippen LogP contribution in [0.5, 0.6) is 0 Å². The third kappa shape index (κ3) is 3.77. The first-order valence-corrected chi connectivity index (χ1v) is 6.23. The molecule has 0 saturated heterocycles. The van der Waals surface area contributed by atoms with Crippen molar-refractivity contribution in [1.82, 2.24) is 5.06 Å². The van der Waals surface area contributed by atoms with Gasteiger partial charge in [0.1, 0.15) is 0 Å². The highest BCUT2D eigenvalue weighted by molar-refractivity contribution is 5.97. The van der Waals surface area contributed by atoms with E-state index in [0.29, 0.717) is 10.6 Å². The summed E-state index contributed by atoms with van der Waals surface area (Å²) in [6.45, 7) is 0. The zero-order chi connectivity index (χ0) is 15.2. The van der Waals surface area contributed by atoms with Gasteiger partial charge in [-0.05, 0) is 35.9 Å². The average Bonchev–Trinajstić information content (AvgIpc) is 2.53. The molecule has 0 unspecified atom stereocenters. The Kier molecular flexibility index (Phi) is 4.48. The number of nitrogens with two attached hydrogens (primary N) is 1. The van der Waals surface area contributed by atoms with E-state index in [0.717, 1.165) is 5.56 Å². The number of rotatable bonds is 4. The van der Waals surface area contributed by atoms with Crippen molar-refractivity contribution in [3.8, 4) is 0 Å². The molecule has 0 spiro atoms. The van der Waals surface area contributed by atoms with E-state index >= 15 is 0 Å². The molecule has 0 aromatic heterocycles. The number of hydroxylamine groups is 2. The summed E-state index contributed by atoms with van der Waals surface area (Å²) in [4.78, 5) is 22.9. The molecule has 0 radical (unpaired) electrons. The Bertz CT molecular complexity index is 664. The molecule has 0 aliphatic rings. The Hall–Kier alpha value is -2.92. The lowest BCUT2D eigenvalue weighted by Gasteiger charge is -2.10. The highest BCUT2D eigenvalue weighted by atomic mass is 16.5. The molecule has 3 N–H and O–H groups in total. The first-order valence-electron chi connectivity index (χ1n) is 6.23. The van der Waals surface area contributed by atoms with Crippen LogP contribution in [0.25, 0.3) is 6.08 Å². The summed E-state index contributed by atoms with van der Waals surface area (Å²) in [5.41, 5.74) is 6.52.